The molecule has 0 aliphatic carbocycles. The number of likely N-dealkylation sites (tertiary alicyclic amines) is 2. The largest absolute Gasteiger partial charge is 0.356 e. The van der Waals surface area contributed by atoms with Crippen molar-refractivity contribution < 1.29 is 14.4 Å². The van der Waals surface area contributed by atoms with E-state index in [9.17, 15) is 14.4 Å². The molecule has 2 saturated heterocycles. The van der Waals surface area contributed by atoms with Crippen molar-refractivity contribution in [2.75, 3.05) is 39.3 Å². The molecule has 3 amide bonds. The van der Waals surface area contributed by atoms with Crippen LogP contribution >= 0.6 is 0 Å². The third-order valence-electron chi connectivity index (χ3n) is 7.89. The number of amides is 3. The van der Waals surface area contributed by atoms with Crippen molar-refractivity contribution in [3.63, 3.8) is 0 Å². The molecule has 1 N–H and O–H groups in total. The van der Waals surface area contributed by atoms with Crippen molar-refractivity contribution in [3.05, 3.63) is 17.0 Å². The van der Waals surface area contributed by atoms with Gasteiger partial charge in [-0.05, 0) is 52.0 Å². The molecule has 9 heteroatoms. The number of aryl methyl sites for hydroxylation is 1. The molecule has 1 aromatic heterocycles. The zero-order valence-electron chi connectivity index (χ0n) is 21.6. The van der Waals surface area contributed by atoms with Crippen LogP contribution in [-0.2, 0) is 29.6 Å². The molecule has 0 unspecified atom stereocenters. The minimum absolute atomic E-state index is 0.0193. The third kappa shape index (κ3) is 6.42. The van der Waals surface area contributed by atoms with E-state index >= 15 is 0 Å². The third-order valence-corrected chi connectivity index (χ3v) is 7.89. The lowest BCUT2D eigenvalue weighted by atomic mass is 10.0. The Hall–Kier alpha value is -2.42. The maximum Gasteiger partial charge on any atom is 0.274 e. The number of hydrogen-bond acceptors (Lipinski definition) is 5. The maximum atomic E-state index is 13.1. The van der Waals surface area contributed by atoms with Crippen LogP contribution in [0.25, 0.3) is 0 Å². The molecule has 1 aromatic rings. The molecular formula is C26H42N6O3. The Balaban J connectivity index is 1.22. The zero-order valence-corrected chi connectivity index (χ0v) is 21.6. The van der Waals surface area contributed by atoms with Crippen molar-refractivity contribution in [2.24, 2.45) is 7.05 Å². The average molecular weight is 487 g/mol. The Kier molecular flexibility index (Phi) is 8.81. The van der Waals surface area contributed by atoms with Gasteiger partial charge in [-0.15, -0.1) is 0 Å². The quantitative estimate of drug-likeness (QED) is 0.569. The normalized spacial score (nSPS) is 21.0. The van der Waals surface area contributed by atoms with Crippen LogP contribution in [0.2, 0.25) is 0 Å². The predicted octanol–water partition coefficient (Wildman–Crippen LogP) is 2.09. The summed E-state index contributed by atoms with van der Waals surface area (Å²) in [6.45, 7) is 7.65. The first-order chi connectivity index (χ1) is 16.9. The summed E-state index contributed by atoms with van der Waals surface area (Å²) in [5.74, 6) is -0.118. The Morgan fingerprint density at radius 3 is 2.51 bits per heavy atom. The smallest absolute Gasteiger partial charge is 0.274 e. The summed E-state index contributed by atoms with van der Waals surface area (Å²) in [6, 6.07) is 0.637. The number of nitrogens with one attached hydrogen (secondary N) is 1. The topological polar surface area (TPSA) is 90.8 Å². The van der Waals surface area contributed by atoms with Crippen LogP contribution in [0, 0.1) is 0 Å². The predicted molar refractivity (Wildman–Crippen MR) is 134 cm³/mol. The molecule has 35 heavy (non-hydrogen) atoms. The molecule has 3 aliphatic rings. The molecule has 4 heterocycles. The average Bonchev–Trinajstić information content (AvgIpc) is 3.21. The van der Waals surface area contributed by atoms with Gasteiger partial charge in [0.25, 0.3) is 5.91 Å². The van der Waals surface area contributed by atoms with E-state index in [0.717, 1.165) is 63.1 Å². The van der Waals surface area contributed by atoms with E-state index < -0.39 is 0 Å². The van der Waals surface area contributed by atoms with E-state index in [1.54, 1.807) is 9.58 Å². The van der Waals surface area contributed by atoms with Crippen molar-refractivity contribution >= 4 is 17.7 Å². The molecule has 0 spiro atoms. The van der Waals surface area contributed by atoms with Crippen molar-refractivity contribution in [2.45, 2.75) is 83.7 Å². The number of rotatable bonds is 8. The number of piperidine rings is 2. The Bertz CT molecular complexity index is 907. The van der Waals surface area contributed by atoms with E-state index in [1.807, 2.05) is 11.9 Å². The van der Waals surface area contributed by atoms with Gasteiger partial charge in [0, 0.05) is 82.9 Å². The summed E-state index contributed by atoms with van der Waals surface area (Å²) < 4.78 is 1.80. The van der Waals surface area contributed by atoms with Gasteiger partial charge < -0.3 is 20.0 Å². The Morgan fingerprint density at radius 1 is 0.971 bits per heavy atom. The molecule has 0 saturated carbocycles. The SMILES string of the molecule is C[C@H]1CCCCN1CCCNC(=O)CCC(=O)N1CCc2c(c(C(=O)N3CCCCC3)nn2C)C1. The Morgan fingerprint density at radius 2 is 1.74 bits per heavy atom. The first-order valence-electron chi connectivity index (χ1n) is 13.6. The van der Waals surface area contributed by atoms with Gasteiger partial charge in [0.15, 0.2) is 5.69 Å². The lowest BCUT2D eigenvalue weighted by Gasteiger charge is -2.33. The molecule has 0 aromatic carbocycles. The van der Waals surface area contributed by atoms with Crippen LogP contribution in [-0.4, -0.2) is 87.5 Å². The van der Waals surface area contributed by atoms with Gasteiger partial charge in [-0.2, -0.15) is 5.10 Å². The molecule has 1 atom stereocenters. The monoisotopic (exact) mass is 486 g/mol. The van der Waals surface area contributed by atoms with Gasteiger partial charge in [-0.25, -0.2) is 0 Å². The number of aromatic nitrogens is 2. The zero-order chi connectivity index (χ0) is 24.8. The number of carbonyl (C=O) groups excluding carboxylic acids is 3. The van der Waals surface area contributed by atoms with Crippen LogP contribution in [0.4, 0.5) is 0 Å². The van der Waals surface area contributed by atoms with Gasteiger partial charge in [0.05, 0.1) is 0 Å². The first-order valence-corrected chi connectivity index (χ1v) is 13.6. The van der Waals surface area contributed by atoms with Crippen molar-refractivity contribution in [1.29, 1.82) is 0 Å². The number of carbonyl (C=O) groups is 3. The fourth-order valence-electron chi connectivity index (χ4n) is 5.69. The summed E-state index contributed by atoms with van der Waals surface area (Å²) in [4.78, 5) is 44.5. The van der Waals surface area contributed by atoms with Crippen molar-refractivity contribution in [3.8, 4) is 0 Å². The van der Waals surface area contributed by atoms with Gasteiger partial charge in [-0.3, -0.25) is 19.1 Å². The minimum atomic E-state index is -0.0647. The standard InChI is InChI=1S/C26H42N6O3/c1-20-9-4-7-14-30(20)17-8-13-27-23(33)10-11-24(34)32-18-12-22-21(19-32)25(28-29(22)2)26(35)31-15-5-3-6-16-31/h20H,3-19H2,1-2H3,(H,27,33)/t20-/m0/s1. The van der Waals surface area contributed by atoms with Crippen LogP contribution in [0.1, 0.15) is 86.5 Å². The van der Waals surface area contributed by atoms with Crippen LogP contribution in [0.5, 0.6) is 0 Å². The highest BCUT2D eigenvalue weighted by Gasteiger charge is 2.31. The lowest BCUT2D eigenvalue weighted by Crippen LogP contribution is -2.40. The van der Waals surface area contributed by atoms with E-state index in [1.165, 1.54) is 19.3 Å². The summed E-state index contributed by atoms with van der Waals surface area (Å²) in [5.41, 5.74) is 2.40. The molecule has 2 fully saturated rings. The molecule has 9 nitrogen and oxygen atoms in total. The number of hydrogen-bond donors (Lipinski definition) is 1. The summed E-state index contributed by atoms with van der Waals surface area (Å²) in [7, 11) is 1.87. The molecule has 3 aliphatic heterocycles. The molecule has 194 valence electrons. The van der Waals surface area contributed by atoms with E-state index in [2.05, 4.69) is 22.2 Å². The fraction of sp³-hybridized carbons (Fsp3) is 0.769. The van der Waals surface area contributed by atoms with Crippen LogP contribution < -0.4 is 5.32 Å². The molecule has 0 radical (unpaired) electrons. The molecule has 0 bridgehead atoms. The molecule has 4 rings (SSSR count). The van der Waals surface area contributed by atoms with Gasteiger partial charge >= 0.3 is 0 Å². The van der Waals surface area contributed by atoms with Gasteiger partial charge in [0.1, 0.15) is 0 Å². The van der Waals surface area contributed by atoms with Crippen LogP contribution in [0.15, 0.2) is 0 Å². The summed E-state index contributed by atoms with van der Waals surface area (Å²) in [6.07, 6.45) is 9.09. The van der Waals surface area contributed by atoms with E-state index in [0.29, 0.717) is 37.8 Å². The van der Waals surface area contributed by atoms with E-state index in [4.69, 9.17) is 0 Å². The fourth-order valence-corrected chi connectivity index (χ4v) is 5.69. The van der Waals surface area contributed by atoms with Gasteiger partial charge in [-0.1, -0.05) is 6.42 Å². The summed E-state index contributed by atoms with van der Waals surface area (Å²) >= 11 is 0. The highest BCUT2D eigenvalue weighted by Crippen LogP contribution is 2.25. The highest BCUT2D eigenvalue weighted by atomic mass is 16.2. The minimum Gasteiger partial charge on any atom is -0.356 e. The summed E-state index contributed by atoms with van der Waals surface area (Å²) in [5, 5.41) is 7.51. The van der Waals surface area contributed by atoms with Crippen molar-refractivity contribution in [1.82, 2.24) is 29.8 Å². The second kappa shape index (κ2) is 12.0. The maximum absolute atomic E-state index is 13.1. The lowest BCUT2D eigenvalue weighted by molar-refractivity contribution is -0.134. The van der Waals surface area contributed by atoms with Crippen LogP contribution in [0.3, 0.4) is 0 Å². The second-order valence-corrected chi connectivity index (χ2v) is 10.4. The number of nitrogens with zero attached hydrogens (tertiary/aromatic N) is 5. The number of fused-ring (bicyclic) bond motifs is 1. The van der Waals surface area contributed by atoms with Gasteiger partial charge in [0.2, 0.25) is 11.8 Å². The second-order valence-electron chi connectivity index (χ2n) is 10.4. The first kappa shape index (κ1) is 25.7. The highest BCUT2D eigenvalue weighted by molar-refractivity contribution is 5.94. The molecular weight excluding hydrogens is 444 g/mol. The van der Waals surface area contributed by atoms with E-state index in [-0.39, 0.29) is 30.6 Å². The Labute approximate surface area is 209 Å².